The van der Waals surface area contributed by atoms with Crippen LogP contribution in [0.4, 0.5) is 0 Å². The lowest BCUT2D eigenvalue weighted by Crippen LogP contribution is -2.38. The van der Waals surface area contributed by atoms with Crippen LogP contribution in [-0.4, -0.2) is 65.4 Å². The fourth-order valence-electron chi connectivity index (χ4n) is 1.93. The lowest BCUT2D eigenvalue weighted by atomic mass is 10.1. The van der Waals surface area contributed by atoms with Gasteiger partial charge in [-0.05, 0) is 24.6 Å². The first-order valence-corrected chi connectivity index (χ1v) is 8.84. The van der Waals surface area contributed by atoms with Crippen LogP contribution in [0.15, 0.2) is 23.1 Å². The van der Waals surface area contributed by atoms with Gasteiger partial charge in [0.05, 0.1) is 18.0 Å². The number of carboxylic acids is 1. The van der Waals surface area contributed by atoms with Crippen LogP contribution in [0.2, 0.25) is 0 Å². The molecule has 1 atom stereocenters. The van der Waals surface area contributed by atoms with Gasteiger partial charge in [0.15, 0.2) is 6.10 Å². The van der Waals surface area contributed by atoms with E-state index in [0.29, 0.717) is 5.56 Å². The number of hydrogen-bond donors (Lipinski definition) is 3. The molecule has 1 unspecified atom stereocenters. The van der Waals surface area contributed by atoms with Crippen LogP contribution < -0.4 is 10.0 Å². The van der Waals surface area contributed by atoms with Crippen LogP contribution in [0.3, 0.4) is 0 Å². The minimum atomic E-state index is -3.78. The third-order valence-corrected chi connectivity index (χ3v) is 4.83. The zero-order valence-electron chi connectivity index (χ0n) is 14.2. The Morgan fingerprint density at radius 1 is 1.28 bits per heavy atom. The number of hydrogen-bond acceptors (Lipinski definition) is 6. The highest BCUT2D eigenvalue weighted by atomic mass is 32.2. The number of sulfonamides is 1. The van der Waals surface area contributed by atoms with Crippen molar-refractivity contribution in [3.63, 3.8) is 0 Å². The van der Waals surface area contributed by atoms with Gasteiger partial charge in [0.1, 0.15) is 0 Å². The van der Waals surface area contributed by atoms with Crippen molar-refractivity contribution >= 4 is 21.9 Å². The summed E-state index contributed by atoms with van der Waals surface area (Å²) in [7, 11) is -1.11. The zero-order valence-corrected chi connectivity index (χ0v) is 15.1. The van der Waals surface area contributed by atoms with Gasteiger partial charge in [0.2, 0.25) is 10.0 Å². The van der Waals surface area contributed by atoms with Gasteiger partial charge < -0.3 is 19.9 Å². The Morgan fingerprint density at radius 3 is 2.52 bits per heavy atom. The van der Waals surface area contributed by atoms with Gasteiger partial charge in [-0.3, -0.25) is 4.79 Å². The van der Waals surface area contributed by atoms with E-state index in [4.69, 9.17) is 14.6 Å². The highest BCUT2D eigenvalue weighted by Gasteiger charge is 2.20. The average Bonchev–Trinajstić information content (AvgIpc) is 2.55. The maximum Gasteiger partial charge on any atom is 0.334 e. The minimum Gasteiger partial charge on any atom is -0.479 e. The normalized spacial score (nSPS) is 12.6. The van der Waals surface area contributed by atoms with E-state index < -0.39 is 28.0 Å². The topological polar surface area (TPSA) is 131 Å². The predicted molar refractivity (Wildman–Crippen MR) is 89.0 cm³/mol. The number of aryl methyl sites for hydroxylation is 1. The molecule has 9 nitrogen and oxygen atoms in total. The molecule has 0 saturated carbocycles. The fourth-order valence-corrected chi connectivity index (χ4v) is 2.97. The Labute approximate surface area is 146 Å². The molecular formula is C15H22N2O7S. The van der Waals surface area contributed by atoms with E-state index in [1.54, 1.807) is 6.92 Å². The molecular weight excluding hydrogens is 352 g/mol. The SMILES string of the molecule is COCCNS(=O)(=O)c1ccc(C)c(C(=O)NCC(OC)C(=O)O)c1. The lowest BCUT2D eigenvalue weighted by molar-refractivity contribution is -0.148. The highest BCUT2D eigenvalue weighted by molar-refractivity contribution is 7.89. The van der Waals surface area contributed by atoms with Crippen molar-refractivity contribution in [1.82, 2.24) is 10.0 Å². The number of nitrogens with one attached hydrogen (secondary N) is 2. The van der Waals surface area contributed by atoms with Crippen LogP contribution in [0, 0.1) is 6.92 Å². The minimum absolute atomic E-state index is 0.0686. The quantitative estimate of drug-likeness (QED) is 0.481. The fraction of sp³-hybridized carbons (Fsp3) is 0.467. The number of benzene rings is 1. The van der Waals surface area contributed by atoms with E-state index in [2.05, 4.69) is 10.0 Å². The largest absolute Gasteiger partial charge is 0.479 e. The summed E-state index contributed by atoms with van der Waals surface area (Å²) >= 11 is 0. The summed E-state index contributed by atoms with van der Waals surface area (Å²) in [5.41, 5.74) is 0.687. The first-order chi connectivity index (χ1) is 11.7. The third-order valence-electron chi connectivity index (χ3n) is 3.37. The molecule has 0 aliphatic carbocycles. The number of methoxy groups -OCH3 is 2. The molecule has 1 rings (SSSR count). The number of carbonyl (C=O) groups excluding carboxylic acids is 1. The third kappa shape index (κ3) is 6.09. The standard InChI is InChI=1S/C15H22N2O7S/c1-10-4-5-11(25(21,22)17-6-7-23-2)8-12(10)14(18)16-9-13(24-3)15(19)20/h4-5,8,13,17H,6-7,9H2,1-3H3,(H,16,18)(H,19,20). The second-order valence-corrected chi connectivity index (χ2v) is 6.91. The van der Waals surface area contributed by atoms with Gasteiger partial charge in [-0.2, -0.15) is 0 Å². The molecule has 10 heteroatoms. The molecule has 0 radical (unpaired) electrons. The van der Waals surface area contributed by atoms with Crippen LogP contribution >= 0.6 is 0 Å². The molecule has 3 N–H and O–H groups in total. The number of ether oxygens (including phenoxy) is 2. The van der Waals surface area contributed by atoms with Crippen molar-refractivity contribution < 1.29 is 32.6 Å². The summed E-state index contributed by atoms with van der Waals surface area (Å²) in [6, 6.07) is 4.13. The Hall–Kier alpha value is -2.01. The van der Waals surface area contributed by atoms with Crippen LogP contribution in [0.25, 0.3) is 0 Å². The van der Waals surface area contributed by atoms with Crippen molar-refractivity contribution in [2.75, 3.05) is 33.9 Å². The molecule has 1 aromatic rings. The van der Waals surface area contributed by atoms with Crippen molar-refractivity contribution in [3.8, 4) is 0 Å². The van der Waals surface area contributed by atoms with Gasteiger partial charge in [0.25, 0.3) is 5.91 Å². The van der Waals surface area contributed by atoms with Crippen molar-refractivity contribution in [2.24, 2.45) is 0 Å². The molecule has 0 saturated heterocycles. The first-order valence-electron chi connectivity index (χ1n) is 7.36. The summed E-state index contributed by atoms with van der Waals surface area (Å²) in [5.74, 6) is -1.80. The van der Waals surface area contributed by atoms with E-state index in [0.717, 1.165) is 0 Å². The second-order valence-electron chi connectivity index (χ2n) is 5.14. The van der Waals surface area contributed by atoms with E-state index >= 15 is 0 Å². The Bertz CT molecular complexity index is 719. The molecule has 0 aromatic heterocycles. The highest BCUT2D eigenvalue weighted by Crippen LogP contribution is 2.15. The molecule has 1 amide bonds. The molecule has 140 valence electrons. The first kappa shape index (κ1) is 21.0. The Morgan fingerprint density at radius 2 is 1.96 bits per heavy atom. The van der Waals surface area contributed by atoms with E-state index in [-0.39, 0.29) is 30.2 Å². The molecule has 0 aliphatic rings. The molecule has 0 aliphatic heterocycles. The van der Waals surface area contributed by atoms with Gasteiger partial charge in [-0.1, -0.05) is 6.07 Å². The molecule has 25 heavy (non-hydrogen) atoms. The number of carbonyl (C=O) groups is 2. The van der Waals surface area contributed by atoms with Crippen molar-refractivity contribution in [1.29, 1.82) is 0 Å². The predicted octanol–water partition coefficient (Wildman–Crippen LogP) is -0.251. The van der Waals surface area contributed by atoms with Crippen LogP contribution in [-0.2, 0) is 24.3 Å². The average molecular weight is 374 g/mol. The maximum absolute atomic E-state index is 12.3. The summed E-state index contributed by atoms with van der Waals surface area (Å²) in [6.07, 6.45) is -1.19. The summed E-state index contributed by atoms with van der Waals surface area (Å²) in [4.78, 5) is 23.1. The smallest absolute Gasteiger partial charge is 0.334 e. The monoisotopic (exact) mass is 374 g/mol. The van der Waals surface area contributed by atoms with Crippen molar-refractivity contribution in [3.05, 3.63) is 29.3 Å². The van der Waals surface area contributed by atoms with E-state index in [9.17, 15) is 18.0 Å². The van der Waals surface area contributed by atoms with Crippen molar-refractivity contribution in [2.45, 2.75) is 17.9 Å². The van der Waals surface area contributed by atoms with Crippen LogP contribution in [0.1, 0.15) is 15.9 Å². The summed E-state index contributed by atoms with van der Waals surface area (Å²) < 4.78 is 36.3. The van der Waals surface area contributed by atoms with Gasteiger partial charge in [-0.25, -0.2) is 17.9 Å². The number of rotatable bonds is 10. The summed E-state index contributed by atoms with van der Waals surface area (Å²) in [5, 5.41) is 11.3. The zero-order chi connectivity index (χ0) is 19.0. The number of carboxylic acid groups (broad SMARTS) is 1. The van der Waals surface area contributed by atoms with Crippen LogP contribution in [0.5, 0.6) is 0 Å². The molecule has 0 bridgehead atoms. The lowest BCUT2D eigenvalue weighted by Gasteiger charge is -2.13. The summed E-state index contributed by atoms with van der Waals surface area (Å²) in [6.45, 7) is 1.72. The molecule has 0 spiro atoms. The van der Waals surface area contributed by atoms with E-state index in [1.807, 2.05) is 0 Å². The second kappa shape index (κ2) is 9.47. The Kier molecular flexibility index (Phi) is 7.97. The molecule has 1 aromatic carbocycles. The Balaban J connectivity index is 2.93. The molecule has 0 fully saturated rings. The number of amides is 1. The van der Waals surface area contributed by atoms with Gasteiger partial charge in [-0.15, -0.1) is 0 Å². The van der Waals surface area contributed by atoms with Gasteiger partial charge in [0, 0.05) is 26.3 Å². The van der Waals surface area contributed by atoms with Gasteiger partial charge >= 0.3 is 5.97 Å². The maximum atomic E-state index is 12.3. The number of aliphatic carboxylic acids is 1. The molecule has 0 heterocycles. The van der Waals surface area contributed by atoms with E-state index in [1.165, 1.54) is 32.4 Å².